The minimum absolute atomic E-state index is 0.115. The molecule has 0 bridgehead atoms. The SMILES string of the molecule is Cc1c(Cl)cccc1-c1cc(NCCc2ccc([S-](=O)=NC3CCOCC3)cc2)nc(N)n1. The number of hydrogen-bond donors (Lipinski definition) is 2. The summed E-state index contributed by atoms with van der Waals surface area (Å²) in [5.74, 6) is 0.861. The maximum atomic E-state index is 12.5. The summed E-state index contributed by atoms with van der Waals surface area (Å²) in [7, 11) is -1.34. The van der Waals surface area contributed by atoms with Crippen LogP contribution in [0.2, 0.25) is 5.02 Å². The van der Waals surface area contributed by atoms with Crippen molar-refractivity contribution in [2.24, 2.45) is 4.36 Å². The van der Waals surface area contributed by atoms with Gasteiger partial charge in [0.2, 0.25) is 5.95 Å². The molecule has 3 aromatic rings. The molecule has 4 rings (SSSR count). The maximum Gasteiger partial charge on any atom is 0.222 e. The average molecular weight is 485 g/mol. The van der Waals surface area contributed by atoms with Crippen LogP contribution in [0.5, 0.6) is 0 Å². The van der Waals surface area contributed by atoms with Crippen LogP contribution >= 0.6 is 11.6 Å². The van der Waals surface area contributed by atoms with Gasteiger partial charge in [0.25, 0.3) is 0 Å². The molecule has 1 fully saturated rings. The molecule has 174 valence electrons. The molecule has 2 aromatic carbocycles. The van der Waals surface area contributed by atoms with Crippen molar-refractivity contribution in [2.45, 2.75) is 37.1 Å². The van der Waals surface area contributed by atoms with E-state index in [9.17, 15) is 4.21 Å². The minimum Gasteiger partial charge on any atom is -0.440 e. The van der Waals surface area contributed by atoms with Crippen LogP contribution in [0.3, 0.4) is 0 Å². The van der Waals surface area contributed by atoms with E-state index in [0.717, 1.165) is 46.5 Å². The van der Waals surface area contributed by atoms with Crippen molar-refractivity contribution in [3.63, 3.8) is 0 Å². The van der Waals surface area contributed by atoms with Crippen LogP contribution in [0.1, 0.15) is 24.0 Å². The van der Waals surface area contributed by atoms with E-state index >= 15 is 0 Å². The summed E-state index contributed by atoms with van der Waals surface area (Å²) in [5.41, 5.74) is 9.67. The summed E-state index contributed by atoms with van der Waals surface area (Å²) in [4.78, 5) is 9.39. The van der Waals surface area contributed by atoms with Crippen LogP contribution in [0.4, 0.5) is 11.8 Å². The highest BCUT2D eigenvalue weighted by Crippen LogP contribution is 2.28. The van der Waals surface area contributed by atoms with Gasteiger partial charge in [-0.1, -0.05) is 52.9 Å². The smallest absolute Gasteiger partial charge is 0.222 e. The van der Waals surface area contributed by atoms with Crippen molar-refractivity contribution in [3.05, 3.63) is 64.7 Å². The lowest BCUT2D eigenvalue weighted by Crippen LogP contribution is -2.18. The normalized spacial score (nSPS) is 15.5. The third-order valence-corrected chi connectivity index (χ3v) is 7.14. The number of rotatable bonds is 7. The van der Waals surface area contributed by atoms with Crippen molar-refractivity contribution < 1.29 is 8.95 Å². The number of aromatic nitrogens is 2. The Morgan fingerprint density at radius 1 is 1.18 bits per heavy atom. The molecule has 1 aliphatic heterocycles. The zero-order valence-electron chi connectivity index (χ0n) is 18.5. The Bertz CT molecular complexity index is 1190. The number of ether oxygens (including phenoxy) is 1. The van der Waals surface area contributed by atoms with Gasteiger partial charge in [-0.3, -0.25) is 0 Å². The van der Waals surface area contributed by atoms with E-state index in [1.165, 1.54) is 0 Å². The second kappa shape index (κ2) is 11.0. The number of nitrogens with zero attached hydrogens (tertiary/aromatic N) is 3. The van der Waals surface area contributed by atoms with Gasteiger partial charge in [0.1, 0.15) is 5.82 Å². The lowest BCUT2D eigenvalue weighted by molar-refractivity contribution is 0.0875. The van der Waals surface area contributed by atoms with Gasteiger partial charge in [0.05, 0.1) is 5.69 Å². The third-order valence-electron chi connectivity index (χ3n) is 5.57. The van der Waals surface area contributed by atoms with Crippen molar-refractivity contribution in [1.82, 2.24) is 9.97 Å². The van der Waals surface area contributed by atoms with Gasteiger partial charge in [0, 0.05) is 42.5 Å². The number of benzene rings is 2. The highest BCUT2D eigenvalue weighted by atomic mass is 35.5. The highest BCUT2D eigenvalue weighted by Gasteiger charge is 2.10. The van der Waals surface area contributed by atoms with E-state index < -0.39 is 10.6 Å². The summed E-state index contributed by atoms with van der Waals surface area (Å²) in [6.45, 7) is 4.00. The van der Waals surface area contributed by atoms with Gasteiger partial charge in [-0.05, 0) is 43.4 Å². The van der Waals surface area contributed by atoms with Crippen LogP contribution in [0.15, 0.2) is 57.8 Å². The average Bonchev–Trinajstić information content (AvgIpc) is 2.81. The van der Waals surface area contributed by atoms with Crippen LogP contribution in [0, 0.1) is 6.92 Å². The number of nitrogens with two attached hydrogens (primary N) is 1. The Morgan fingerprint density at radius 3 is 2.70 bits per heavy atom. The summed E-state index contributed by atoms with van der Waals surface area (Å²) < 4.78 is 22.3. The molecule has 33 heavy (non-hydrogen) atoms. The first-order chi connectivity index (χ1) is 16.0. The lowest BCUT2D eigenvalue weighted by atomic mass is 10.1. The van der Waals surface area contributed by atoms with Gasteiger partial charge in [0.15, 0.2) is 0 Å². The molecule has 0 amide bonds. The molecule has 7 nitrogen and oxygen atoms in total. The van der Waals surface area contributed by atoms with E-state index in [1.807, 2.05) is 55.5 Å². The monoisotopic (exact) mass is 484 g/mol. The summed E-state index contributed by atoms with van der Waals surface area (Å²) in [6, 6.07) is 15.4. The zero-order valence-corrected chi connectivity index (χ0v) is 20.0. The molecule has 0 atom stereocenters. The molecule has 0 unspecified atom stereocenters. The fraction of sp³-hybridized carbons (Fsp3) is 0.333. The Kier molecular flexibility index (Phi) is 7.80. The van der Waals surface area contributed by atoms with Gasteiger partial charge < -0.3 is 24.4 Å². The fourth-order valence-corrected chi connectivity index (χ4v) is 4.82. The molecule has 1 saturated heterocycles. The van der Waals surface area contributed by atoms with Crippen molar-refractivity contribution in [2.75, 3.05) is 30.8 Å². The fourth-order valence-electron chi connectivity index (χ4n) is 3.67. The summed E-state index contributed by atoms with van der Waals surface area (Å²) in [5, 5.41) is 4.00. The number of nitrogens with one attached hydrogen (secondary N) is 1. The number of halogens is 1. The van der Waals surface area contributed by atoms with Crippen LogP contribution in [-0.2, 0) is 26.0 Å². The molecular weight excluding hydrogens is 458 g/mol. The van der Waals surface area contributed by atoms with Gasteiger partial charge >= 0.3 is 0 Å². The van der Waals surface area contributed by atoms with Crippen molar-refractivity contribution in [3.8, 4) is 11.3 Å². The molecule has 0 spiro atoms. The topological polar surface area (TPSA) is 102 Å². The summed E-state index contributed by atoms with van der Waals surface area (Å²) in [6.07, 6.45) is 2.45. The first-order valence-electron chi connectivity index (χ1n) is 10.9. The Balaban J connectivity index is 1.37. The Labute approximate surface area is 201 Å². The largest absolute Gasteiger partial charge is 0.440 e. The standard InChI is InChI=1S/C24H27ClN5O2S/c1-16-20(3-2-4-21(16)25)22-15-23(29-24(26)28-22)27-12-9-17-5-7-19(8-6-17)33(31)30-18-10-13-32-14-11-18/h2-8,15,18H,9-14H2,1H3,(H3,26,27,28,29)/q-1. The maximum absolute atomic E-state index is 12.5. The zero-order chi connectivity index (χ0) is 23.2. The first kappa shape index (κ1) is 23.5. The van der Waals surface area contributed by atoms with Crippen molar-refractivity contribution >= 4 is 34.0 Å². The van der Waals surface area contributed by atoms with Crippen LogP contribution in [0.25, 0.3) is 11.3 Å². The minimum atomic E-state index is -1.34. The van der Waals surface area contributed by atoms with Gasteiger partial charge in [-0.2, -0.15) is 15.6 Å². The predicted octanol–water partition coefficient (Wildman–Crippen LogP) is 5.03. The molecule has 0 radical (unpaired) electrons. The molecule has 0 saturated carbocycles. The van der Waals surface area contributed by atoms with Gasteiger partial charge in [-0.15, -0.1) is 0 Å². The van der Waals surface area contributed by atoms with E-state index in [1.54, 1.807) is 0 Å². The van der Waals surface area contributed by atoms with E-state index in [2.05, 4.69) is 19.6 Å². The van der Waals surface area contributed by atoms with E-state index in [-0.39, 0.29) is 12.0 Å². The Hall–Kier alpha value is -2.68. The molecule has 1 aromatic heterocycles. The van der Waals surface area contributed by atoms with E-state index in [0.29, 0.717) is 30.6 Å². The van der Waals surface area contributed by atoms with Crippen LogP contribution in [-0.4, -0.2) is 35.8 Å². The quantitative estimate of drug-likeness (QED) is 0.456. The summed E-state index contributed by atoms with van der Waals surface area (Å²) >= 11 is 6.25. The number of hydrogen-bond acceptors (Lipinski definition) is 8. The second-order valence-corrected chi connectivity index (χ2v) is 9.52. The molecule has 9 heteroatoms. The second-order valence-electron chi connectivity index (χ2n) is 7.93. The third kappa shape index (κ3) is 6.22. The van der Waals surface area contributed by atoms with Crippen molar-refractivity contribution in [1.29, 1.82) is 0 Å². The first-order valence-corrected chi connectivity index (χ1v) is 12.4. The molecule has 1 aliphatic rings. The predicted molar refractivity (Wildman–Crippen MR) is 133 cm³/mol. The number of anilines is 2. The highest BCUT2D eigenvalue weighted by molar-refractivity contribution is 7.74. The van der Waals surface area contributed by atoms with Gasteiger partial charge in [-0.25, -0.2) is 4.98 Å². The Morgan fingerprint density at radius 2 is 1.94 bits per heavy atom. The molecule has 0 aliphatic carbocycles. The molecule has 3 N–H and O–H groups in total. The van der Waals surface area contributed by atoms with E-state index in [4.69, 9.17) is 22.1 Å². The van der Waals surface area contributed by atoms with Crippen LogP contribution < -0.4 is 11.1 Å². The molecular formula is C24H27ClN5O2S-. The lowest BCUT2D eigenvalue weighted by Gasteiger charge is -2.21. The molecule has 2 heterocycles. The number of nitrogen functional groups attached to an aromatic ring is 1.